The Morgan fingerprint density at radius 2 is 2.08 bits per heavy atom. The maximum Gasteiger partial charge on any atom is 0.350 e. The first-order valence-electron chi connectivity index (χ1n) is 7.04. The molecule has 2 heterocycles. The van der Waals surface area contributed by atoms with E-state index in [4.69, 9.17) is 5.73 Å². The normalized spacial score (nSPS) is 16.8. The Balaban J connectivity index is 0.00000288. The van der Waals surface area contributed by atoms with Crippen LogP contribution in [0.25, 0.3) is 0 Å². The highest BCUT2D eigenvalue weighted by Crippen LogP contribution is 2.22. The number of nitrogens with zero attached hydrogens (tertiary/aromatic N) is 2. The van der Waals surface area contributed by atoms with Gasteiger partial charge in [-0.05, 0) is 18.8 Å². The summed E-state index contributed by atoms with van der Waals surface area (Å²) in [6, 6.07) is 0. The molecule has 138 valence electrons. The Morgan fingerprint density at radius 1 is 1.46 bits per heavy atom. The van der Waals surface area contributed by atoms with E-state index in [1.807, 2.05) is 0 Å². The van der Waals surface area contributed by atoms with Gasteiger partial charge in [0.05, 0.1) is 0 Å². The number of carbonyl (C=O) groups excluding carboxylic acids is 1. The number of rotatable bonds is 6. The van der Waals surface area contributed by atoms with Crippen molar-refractivity contribution in [2.75, 3.05) is 19.6 Å². The van der Waals surface area contributed by atoms with E-state index in [1.165, 1.54) is 11.3 Å². The average Bonchev–Trinajstić information content (AvgIpc) is 3.02. The summed E-state index contributed by atoms with van der Waals surface area (Å²) in [6.45, 7) is 0.717. The summed E-state index contributed by atoms with van der Waals surface area (Å²) in [6.07, 6.45) is 0.856. The summed E-state index contributed by atoms with van der Waals surface area (Å²) in [4.78, 5) is 16.0. The fraction of sp³-hybridized carbons (Fsp3) is 0.667. The van der Waals surface area contributed by atoms with Gasteiger partial charge in [-0.15, -0.1) is 23.7 Å². The molecule has 0 unspecified atom stereocenters. The Labute approximate surface area is 149 Å². The Bertz CT molecular complexity index is 648. The molecular formula is C12H19ClF2N4O3S2. The fourth-order valence-electron chi connectivity index (χ4n) is 2.32. The topological polar surface area (TPSA) is 105 Å². The molecule has 24 heavy (non-hydrogen) atoms. The molecular weight excluding hydrogens is 386 g/mol. The molecule has 7 nitrogen and oxygen atoms in total. The maximum atomic E-state index is 12.5. The van der Waals surface area contributed by atoms with Gasteiger partial charge in [0.15, 0.2) is 0 Å². The Hall–Kier alpha value is -0.880. The molecule has 0 aromatic carbocycles. The lowest BCUT2D eigenvalue weighted by Gasteiger charge is -2.30. The molecule has 1 aliphatic heterocycles. The molecule has 0 saturated carbocycles. The Kier molecular flexibility index (Phi) is 7.93. The van der Waals surface area contributed by atoms with Crippen molar-refractivity contribution in [3.8, 4) is 0 Å². The number of carbonyl (C=O) groups is 1. The van der Waals surface area contributed by atoms with Crippen LogP contribution in [0.2, 0.25) is 0 Å². The van der Waals surface area contributed by atoms with E-state index < -0.39 is 15.8 Å². The van der Waals surface area contributed by atoms with Crippen molar-refractivity contribution in [2.24, 2.45) is 11.7 Å². The van der Waals surface area contributed by atoms with Crippen LogP contribution >= 0.6 is 23.7 Å². The van der Waals surface area contributed by atoms with Crippen LogP contribution in [-0.2, 0) is 16.6 Å². The van der Waals surface area contributed by atoms with Gasteiger partial charge in [-0.25, -0.2) is 13.4 Å². The van der Waals surface area contributed by atoms with Crippen molar-refractivity contribution in [2.45, 2.75) is 25.1 Å². The number of halogens is 3. The van der Waals surface area contributed by atoms with Gasteiger partial charge < -0.3 is 11.1 Å². The van der Waals surface area contributed by atoms with Crippen molar-refractivity contribution < 1.29 is 22.0 Å². The number of alkyl halides is 2. The lowest BCUT2D eigenvalue weighted by molar-refractivity contribution is 0.0936. The number of nitrogens with one attached hydrogen (secondary N) is 1. The minimum Gasteiger partial charge on any atom is -0.350 e. The first-order chi connectivity index (χ1) is 10.8. The fourth-order valence-corrected chi connectivity index (χ4v) is 3.92. The summed E-state index contributed by atoms with van der Waals surface area (Å²) in [5.74, 6) is -3.65. The lowest BCUT2D eigenvalue weighted by Crippen LogP contribution is -2.43. The number of piperidine rings is 1. The Morgan fingerprint density at radius 3 is 2.58 bits per heavy atom. The number of aromatic nitrogens is 1. The third-order valence-electron chi connectivity index (χ3n) is 3.67. The maximum absolute atomic E-state index is 12.5. The summed E-state index contributed by atoms with van der Waals surface area (Å²) >= 11 is 1.30. The number of thiazole rings is 1. The van der Waals surface area contributed by atoms with E-state index in [2.05, 4.69) is 10.3 Å². The number of hydrogen-bond donors (Lipinski definition) is 2. The van der Waals surface area contributed by atoms with Crippen molar-refractivity contribution in [1.29, 1.82) is 0 Å². The van der Waals surface area contributed by atoms with Gasteiger partial charge in [-0.2, -0.15) is 13.1 Å². The smallest absolute Gasteiger partial charge is 0.350 e. The lowest BCUT2D eigenvalue weighted by atomic mass is 9.98. The second kappa shape index (κ2) is 8.99. The molecule has 0 bridgehead atoms. The molecule has 1 amide bonds. The predicted molar refractivity (Wildman–Crippen MR) is 88.8 cm³/mol. The first-order valence-corrected chi connectivity index (χ1v) is 9.42. The summed E-state index contributed by atoms with van der Waals surface area (Å²) in [7, 11) is -4.51. The SMILES string of the molecule is Cl.NCc1nc(C(=O)NCC2CCN(S(=O)(=O)C(F)F)CC2)cs1. The third-order valence-corrected chi connectivity index (χ3v) is 6.08. The quantitative estimate of drug-likeness (QED) is 0.736. The van der Waals surface area contributed by atoms with Gasteiger partial charge in [-0.1, -0.05) is 0 Å². The van der Waals surface area contributed by atoms with Crippen molar-refractivity contribution in [3.05, 3.63) is 16.1 Å². The summed E-state index contributed by atoms with van der Waals surface area (Å²) < 4.78 is 48.5. The van der Waals surface area contributed by atoms with Gasteiger partial charge in [0.2, 0.25) is 0 Å². The van der Waals surface area contributed by atoms with E-state index in [9.17, 15) is 22.0 Å². The van der Waals surface area contributed by atoms with Crippen LogP contribution < -0.4 is 11.1 Å². The molecule has 1 aromatic rings. The van der Waals surface area contributed by atoms with Gasteiger partial charge in [0.25, 0.3) is 15.9 Å². The van der Waals surface area contributed by atoms with Gasteiger partial charge >= 0.3 is 5.76 Å². The number of sulfonamides is 1. The van der Waals surface area contributed by atoms with Crippen molar-refractivity contribution in [1.82, 2.24) is 14.6 Å². The van der Waals surface area contributed by atoms with Crippen LogP contribution in [0.5, 0.6) is 0 Å². The molecule has 1 aromatic heterocycles. The molecule has 0 spiro atoms. The van der Waals surface area contributed by atoms with Gasteiger partial charge in [-0.3, -0.25) is 4.79 Å². The second-order valence-electron chi connectivity index (χ2n) is 5.19. The molecule has 3 N–H and O–H groups in total. The monoisotopic (exact) mass is 404 g/mol. The number of nitrogens with two attached hydrogens (primary N) is 1. The molecule has 0 atom stereocenters. The van der Waals surface area contributed by atoms with E-state index in [-0.39, 0.29) is 43.9 Å². The number of hydrogen-bond acceptors (Lipinski definition) is 6. The minimum absolute atomic E-state index is 0. The van der Waals surface area contributed by atoms with Crippen LogP contribution in [0, 0.1) is 5.92 Å². The van der Waals surface area contributed by atoms with Crippen LogP contribution in [0.1, 0.15) is 28.3 Å². The molecule has 1 aliphatic rings. The zero-order chi connectivity index (χ0) is 17.0. The zero-order valence-corrected chi connectivity index (χ0v) is 15.1. The minimum atomic E-state index is -4.51. The van der Waals surface area contributed by atoms with Crippen molar-refractivity contribution in [3.63, 3.8) is 0 Å². The summed E-state index contributed by atoms with van der Waals surface area (Å²) in [5, 5.41) is 5.02. The highest BCUT2D eigenvalue weighted by atomic mass is 35.5. The van der Waals surface area contributed by atoms with Crippen LogP contribution in [0.4, 0.5) is 8.78 Å². The van der Waals surface area contributed by atoms with Gasteiger partial charge in [0, 0.05) is 31.6 Å². The molecule has 0 aliphatic carbocycles. The average molecular weight is 405 g/mol. The van der Waals surface area contributed by atoms with E-state index in [0.717, 1.165) is 4.31 Å². The first kappa shape index (κ1) is 21.2. The molecule has 1 saturated heterocycles. The van der Waals surface area contributed by atoms with Crippen molar-refractivity contribution >= 4 is 39.7 Å². The van der Waals surface area contributed by atoms with E-state index in [0.29, 0.717) is 30.1 Å². The van der Waals surface area contributed by atoms with E-state index in [1.54, 1.807) is 5.38 Å². The highest BCUT2D eigenvalue weighted by molar-refractivity contribution is 7.89. The van der Waals surface area contributed by atoms with Crippen LogP contribution in [-0.4, -0.2) is 49.0 Å². The number of amides is 1. The molecule has 2 rings (SSSR count). The standard InChI is InChI=1S/C12H18F2N4O3S2.ClH/c13-12(14)23(20,21)18-3-1-8(2-4-18)6-16-11(19)9-7-22-10(5-15)17-9;/h7-8,12H,1-6,15H2,(H,16,19);1H. The second-order valence-corrected chi connectivity index (χ2v) is 8.03. The predicted octanol–water partition coefficient (Wildman–Crippen LogP) is 1.02. The van der Waals surface area contributed by atoms with Crippen LogP contribution in [0.3, 0.4) is 0 Å². The molecule has 12 heteroatoms. The zero-order valence-electron chi connectivity index (χ0n) is 12.7. The molecule has 1 fully saturated rings. The third kappa shape index (κ3) is 5.06. The van der Waals surface area contributed by atoms with Gasteiger partial charge in [0.1, 0.15) is 10.7 Å². The molecule has 0 radical (unpaired) electrons. The summed E-state index contributed by atoms with van der Waals surface area (Å²) in [5.41, 5.74) is 5.73. The van der Waals surface area contributed by atoms with E-state index >= 15 is 0 Å². The largest absolute Gasteiger partial charge is 0.350 e. The highest BCUT2D eigenvalue weighted by Gasteiger charge is 2.34. The van der Waals surface area contributed by atoms with Crippen LogP contribution in [0.15, 0.2) is 5.38 Å².